The molecule has 0 aliphatic rings. The highest BCUT2D eigenvalue weighted by Crippen LogP contribution is 2.09. The van der Waals surface area contributed by atoms with Crippen molar-refractivity contribution in [1.29, 1.82) is 0 Å². The van der Waals surface area contributed by atoms with Crippen LogP contribution in [-0.4, -0.2) is 35.4 Å². The van der Waals surface area contributed by atoms with Crippen molar-refractivity contribution in [3.63, 3.8) is 0 Å². The van der Waals surface area contributed by atoms with Crippen LogP contribution in [0.5, 0.6) is 0 Å². The standard InChI is InChI=1S/C12H20O6S/c1-5-19-11(15)17-8-16-9(13)6-7-10(14)18-12(2,3)4/h5-8H2,1-4H3. The lowest BCUT2D eigenvalue weighted by Crippen LogP contribution is -2.24. The molecule has 110 valence electrons. The summed E-state index contributed by atoms with van der Waals surface area (Å²) >= 11 is 0.981. The second-order valence-electron chi connectivity index (χ2n) is 4.55. The van der Waals surface area contributed by atoms with Crippen molar-refractivity contribution in [2.75, 3.05) is 12.5 Å². The normalized spacial score (nSPS) is 10.7. The van der Waals surface area contributed by atoms with Crippen molar-refractivity contribution in [3.8, 4) is 0 Å². The molecule has 0 radical (unpaired) electrons. The van der Waals surface area contributed by atoms with E-state index in [1.807, 2.05) is 0 Å². The Hall–Kier alpha value is -1.24. The monoisotopic (exact) mass is 292 g/mol. The molecular weight excluding hydrogens is 272 g/mol. The lowest BCUT2D eigenvalue weighted by molar-refractivity contribution is -0.160. The van der Waals surface area contributed by atoms with Gasteiger partial charge in [-0.15, -0.1) is 0 Å². The SMILES string of the molecule is CCSC(=O)OCOC(=O)CCC(=O)OC(C)(C)C. The van der Waals surface area contributed by atoms with E-state index in [4.69, 9.17) is 4.74 Å². The Kier molecular flexibility index (Phi) is 8.22. The molecule has 0 aliphatic heterocycles. The van der Waals surface area contributed by atoms with Gasteiger partial charge >= 0.3 is 17.2 Å². The number of thioether (sulfide) groups is 1. The summed E-state index contributed by atoms with van der Waals surface area (Å²) in [5, 5.41) is -0.498. The predicted molar refractivity (Wildman–Crippen MR) is 70.7 cm³/mol. The zero-order chi connectivity index (χ0) is 14.9. The van der Waals surface area contributed by atoms with E-state index in [0.29, 0.717) is 5.75 Å². The van der Waals surface area contributed by atoms with Gasteiger partial charge in [0, 0.05) is 5.75 Å². The number of esters is 2. The van der Waals surface area contributed by atoms with E-state index in [9.17, 15) is 14.4 Å². The summed E-state index contributed by atoms with van der Waals surface area (Å²) in [6.45, 7) is 6.61. The first-order chi connectivity index (χ1) is 8.74. The first-order valence-corrected chi connectivity index (χ1v) is 6.90. The molecule has 6 nitrogen and oxygen atoms in total. The molecule has 0 aromatic carbocycles. The van der Waals surface area contributed by atoms with Crippen LogP contribution in [0.1, 0.15) is 40.5 Å². The van der Waals surface area contributed by atoms with Gasteiger partial charge in [-0.2, -0.15) is 0 Å². The molecule has 0 heterocycles. The molecule has 7 heteroatoms. The molecule has 0 N–H and O–H groups in total. The van der Waals surface area contributed by atoms with Gasteiger partial charge in [-0.3, -0.25) is 9.59 Å². The van der Waals surface area contributed by atoms with E-state index >= 15 is 0 Å². The fourth-order valence-corrected chi connectivity index (χ4v) is 1.34. The van der Waals surface area contributed by atoms with Crippen LogP contribution in [0.15, 0.2) is 0 Å². The second-order valence-corrected chi connectivity index (χ2v) is 5.75. The third-order valence-electron chi connectivity index (χ3n) is 1.61. The largest absolute Gasteiger partial charge is 0.460 e. The minimum atomic E-state index is -0.611. The van der Waals surface area contributed by atoms with E-state index in [2.05, 4.69) is 9.47 Å². The quantitative estimate of drug-likeness (QED) is 0.549. The molecule has 0 aliphatic carbocycles. The summed E-state index contributed by atoms with van der Waals surface area (Å²) in [6, 6.07) is 0. The topological polar surface area (TPSA) is 78.9 Å². The Labute approximate surface area is 117 Å². The zero-order valence-electron chi connectivity index (χ0n) is 11.7. The van der Waals surface area contributed by atoms with E-state index < -0.39 is 29.6 Å². The van der Waals surface area contributed by atoms with Crippen molar-refractivity contribution < 1.29 is 28.6 Å². The summed E-state index contributed by atoms with van der Waals surface area (Å²) in [4.78, 5) is 33.5. The van der Waals surface area contributed by atoms with Gasteiger partial charge in [-0.25, -0.2) is 4.79 Å². The average molecular weight is 292 g/mol. The van der Waals surface area contributed by atoms with Crippen molar-refractivity contribution in [2.24, 2.45) is 0 Å². The first kappa shape index (κ1) is 17.8. The molecule has 19 heavy (non-hydrogen) atoms. The minimum Gasteiger partial charge on any atom is -0.460 e. The number of carbonyl (C=O) groups excluding carboxylic acids is 3. The van der Waals surface area contributed by atoms with Gasteiger partial charge in [0.15, 0.2) is 0 Å². The Bertz CT molecular complexity index is 321. The molecule has 0 rings (SSSR count). The lowest BCUT2D eigenvalue weighted by Gasteiger charge is -2.19. The maximum atomic E-state index is 11.3. The van der Waals surface area contributed by atoms with Crippen LogP contribution in [0, 0.1) is 0 Å². The van der Waals surface area contributed by atoms with Gasteiger partial charge in [0.2, 0.25) is 6.79 Å². The molecule has 0 spiro atoms. The summed E-state index contributed by atoms with van der Waals surface area (Å²) < 4.78 is 14.3. The Balaban J connectivity index is 3.70. The third kappa shape index (κ3) is 11.6. The summed E-state index contributed by atoms with van der Waals surface area (Å²) in [7, 11) is 0. The van der Waals surface area contributed by atoms with Gasteiger partial charge in [-0.05, 0) is 32.5 Å². The maximum Gasteiger partial charge on any atom is 0.370 e. The van der Waals surface area contributed by atoms with Gasteiger partial charge in [-0.1, -0.05) is 6.92 Å². The molecule has 0 aromatic heterocycles. The highest BCUT2D eigenvalue weighted by atomic mass is 32.2. The lowest BCUT2D eigenvalue weighted by atomic mass is 10.2. The molecule has 0 saturated carbocycles. The minimum absolute atomic E-state index is 0.0617. The summed E-state index contributed by atoms with van der Waals surface area (Å²) in [5.74, 6) is -0.492. The Morgan fingerprint density at radius 2 is 1.58 bits per heavy atom. The van der Waals surface area contributed by atoms with E-state index in [0.717, 1.165) is 11.8 Å². The fourth-order valence-electron chi connectivity index (χ4n) is 0.972. The average Bonchev–Trinajstić information content (AvgIpc) is 2.24. The maximum absolute atomic E-state index is 11.3. The summed E-state index contributed by atoms with van der Waals surface area (Å²) in [6.07, 6.45) is -0.166. The van der Waals surface area contributed by atoms with Gasteiger partial charge in [0.05, 0.1) is 12.8 Å². The van der Waals surface area contributed by atoms with Crippen LogP contribution in [0.4, 0.5) is 4.79 Å². The van der Waals surface area contributed by atoms with Gasteiger partial charge in [0.1, 0.15) is 5.60 Å². The third-order valence-corrected chi connectivity index (χ3v) is 2.25. The first-order valence-electron chi connectivity index (χ1n) is 5.91. The van der Waals surface area contributed by atoms with E-state index in [1.165, 1.54) is 0 Å². The molecular formula is C12H20O6S. The number of hydrogen-bond donors (Lipinski definition) is 0. The molecule has 0 unspecified atom stereocenters. The van der Waals surface area contributed by atoms with Crippen molar-refractivity contribution in [1.82, 2.24) is 0 Å². The van der Waals surface area contributed by atoms with Crippen LogP contribution in [0.25, 0.3) is 0 Å². The number of carbonyl (C=O) groups is 3. The van der Waals surface area contributed by atoms with E-state index in [-0.39, 0.29) is 12.8 Å². The van der Waals surface area contributed by atoms with Crippen LogP contribution in [0.3, 0.4) is 0 Å². The van der Waals surface area contributed by atoms with Crippen molar-refractivity contribution >= 4 is 29.0 Å². The fraction of sp³-hybridized carbons (Fsp3) is 0.750. The van der Waals surface area contributed by atoms with Gasteiger partial charge < -0.3 is 14.2 Å². The van der Waals surface area contributed by atoms with Crippen LogP contribution < -0.4 is 0 Å². The van der Waals surface area contributed by atoms with Crippen LogP contribution in [0.2, 0.25) is 0 Å². The Morgan fingerprint density at radius 1 is 1.00 bits per heavy atom. The van der Waals surface area contributed by atoms with E-state index in [1.54, 1.807) is 27.7 Å². The van der Waals surface area contributed by atoms with Crippen molar-refractivity contribution in [3.05, 3.63) is 0 Å². The molecule has 0 atom stereocenters. The molecule has 0 saturated heterocycles. The highest BCUT2D eigenvalue weighted by Gasteiger charge is 2.17. The molecule has 0 aromatic rings. The number of ether oxygens (including phenoxy) is 3. The number of hydrogen-bond acceptors (Lipinski definition) is 7. The molecule has 0 bridgehead atoms. The van der Waals surface area contributed by atoms with Crippen molar-refractivity contribution in [2.45, 2.75) is 46.1 Å². The number of rotatable bonds is 6. The second kappa shape index (κ2) is 8.79. The summed E-state index contributed by atoms with van der Waals surface area (Å²) in [5.41, 5.74) is -0.576. The van der Waals surface area contributed by atoms with Crippen LogP contribution >= 0.6 is 11.8 Å². The molecule has 0 fully saturated rings. The smallest absolute Gasteiger partial charge is 0.370 e. The van der Waals surface area contributed by atoms with Gasteiger partial charge in [0.25, 0.3) is 0 Å². The van der Waals surface area contributed by atoms with Crippen LogP contribution in [-0.2, 0) is 23.8 Å². The Morgan fingerprint density at radius 3 is 2.11 bits per heavy atom. The molecule has 0 amide bonds. The highest BCUT2D eigenvalue weighted by molar-refractivity contribution is 8.13. The zero-order valence-corrected chi connectivity index (χ0v) is 12.5. The predicted octanol–water partition coefficient (Wildman–Crippen LogP) is 2.50.